The largest absolute Gasteiger partial charge is 0.389 e. The molecule has 0 saturated heterocycles. The third-order valence-corrected chi connectivity index (χ3v) is 2.61. The van der Waals surface area contributed by atoms with Gasteiger partial charge in [0, 0.05) is 20.0 Å². The van der Waals surface area contributed by atoms with Crippen LogP contribution in [0.15, 0.2) is 11.9 Å². The second kappa shape index (κ2) is 4.67. The minimum Gasteiger partial charge on any atom is -0.389 e. The highest BCUT2D eigenvalue weighted by atomic mass is 31.2. The molecule has 0 rings (SSSR count). The van der Waals surface area contributed by atoms with E-state index >= 15 is 0 Å². The van der Waals surface area contributed by atoms with Gasteiger partial charge >= 0.3 is 7.60 Å². The van der Waals surface area contributed by atoms with Gasteiger partial charge < -0.3 is 14.2 Å². The first-order valence-electron chi connectivity index (χ1n) is 3.12. The SMILES string of the molecule is COP(=O)(/C=C/[C@@H](C)O)OC. The van der Waals surface area contributed by atoms with Crippen molar-refractivity contribution in [2.45, 2.75) is 13.0 Å². The van der Waals surface area contributed by atoms with Crippen LogP contribution in [0.5, 0.6) is 0 Å². The molecule has 5 heteroatoms. The highest BCUT2D eigenvalue weighted by Gasteiger charge is 2.15. The van der Waals surface area contributed by atoms with Gasteiger partial charge in [-0.1, -0.05) is 0 Å². The quantitative estimate of drug-likeness (QED) is 0.664. The van der Waals surface area contributed by atoms with Gasteiger partial charge in [0.15, 0.2) is 0 Å². The van der Waals surface area contributed by atoms with Crippen molar-refractivity contribution in [3.05, 3.63) is 11.9 Å². The van der Waals surface area contributed by atoms with Crippen LogP contribution >= 0.6 is 7.60 Å². The molecule has 0 aliphatic rings. The molecule has 1 N–H and O–H groups in total. The van der Waals surface area contributed by atoms with Crippen molar-refractivity contribution >= 4 is 7.60 Å². The van der Waals surface area contributed by atoms with Gasteiger partial charge in [-0.2, -0.15) is 0 Å². The lowest BCUT2D eigenvalue weighted by Crippen LogP contribution is -1.93. The third kappa shape index (κ3) is 4.32. The summed E-state index contributed by atoms with van der Waals surface area (Å²) in [6.45, 7) is 1.55. The van der Waals surface area contributed by atoms with Crippen LogP contribution in [-0.4, -0.2) is 25.4 Å². The van der Waals surface area contributed by atoms with Crippen molar-refractivity contribution in [3.8, 4) is 0 Å². The Kier molecular flexibility index (Phi) is 4.61. The molecule has 66 valence electrons. The fourth-order valence-corrected chi connectivity index (χ4v) is 1.28. The maximum absolute atomic E-state index is 11.2. The van der Waals surface area contributed by atoms with Crippen LogP contribution in [0, 0.1) is 0 Å². The molecule has 0 unspecified atom stereocenters. The topological polar surface area (TPSA) is 55.8 Å². The molecular weight excluding hydrogens is 167 g/mol. The molecule has 1 atom stereocenters. The van der Waals surface area contributed by atoms with E-state index in [2.05, 4.69) is 9.05 Å². The maximum Gasteiger partial charge on any atom is 0.353 e. The van der Waals surface area contributed by atoms with E-state index < -0.39 is 13.7 Å². The molecule has 0 fully saturated rings. The fraction of sp³-hybridized carbons (Fsp3) is 0.667. The van der Waals surface area contributed by atoms with Crippen LogP contribution in [0.2, 0.25) is 0 Å². The number of hydrogen-bond acceptors (Lipinski definition) is 4. The van der Waals surface area contributed by atoms with Crippen LogP contribution < -0.4 is 0 Å². The summed E-state index contributed by atoms with van der Waals surface area (Å²) in [5, 5.41) is 8.79. The normalized spacial score (nSPS) is 15.6. The Morgan fingerprint density at radius 1 is 1.45 bits per heavy atom. The first-order chi connectivity index (χ1) is 5.04. The minimum atomic E-state index is -3.08. The minimum absolute atomic E-state index is 0.645. The number of aliphatic hydroxyl groups excluding tert-OH is 1. The number of aliphatic hydroxyl groups is 1. The van der Waals surface area contributed by atoms with Crippen molar-refractivity contribution in [1.82, 2.24) is 0 Å². The molecule has 0 aromatic heterocycles. The zero-order valence-corrected chi connectivity index (χ0v) is 7.75. The summed E-state index contributed by atoms with van der Waals surface area (Å²) < 4.78 is 20.4. The lowest BCUT2D eigenvalue weighted by molar-refractivity contribution is 0.243. The van der Waals surface area contributed by atoms with E-state index in [1.165, 1.54) is 26.1 Å². The van der Waals surface area contributed by atoms with Crippen molar-refractivity contribution in [1.29, 1.82) is 0 Å². The number of rotatable bonds is 4. The highest BCUT2D eigenvalue weighted by Crippen LogP contribution is 2.47. The molecule has 0 saturated carbocycles. The Morgan fingerprint density at radius 2 is 1.91 bits per heavy atom. The second-order valence-corrected chi connectivity index (χ2v) is 4.10. The standard InChI is InChI=1S/C6H13O4P/c1-6(7)4-5-11(8,9-2)10-3/h4-7H,1-3H3/b5-4+/t6-/m1/s1. The molecule has 11 heavy (non-hydrogen) atoms. The summed E-state index contributed by atoms with van der Waals surface area (Å²) in [6, 6.07) is 0. The molecule has 0 aromatic carbocycles. The zero-order valence-electron chi connectivity index (χ0n) is 6.85. The highest BCUT2D eigenvalue weighted by molar-refractivity contribution is 7.57. The summed E-state index contributed by atoms with van der Waals surface area (Å²) in [5.41, 5.74) is 0. The first-order valence-corrected chi connectivity index (χ1v) is 4.74. The lowest BCUT2D eigenvalue weighted by atomic mass is 10.4. The summed E-state index contributed by atoms with van der Waals surface area (Å²) in [4.78, 5) is 0. The Morgan fingerprint density at radius 3 is 2.18 bits per heavy atom. The molecule has 0 bridgehead atoms. The molecule has 4 nitrogen and oxygen atoms in total. The van der Waals surface area contributed by atoms with E-state index in [1.807, 2.05) is 0 Å². The van der Waals surface area contributed by atoms with E-state index in [4.69, 9.17) is 5.11 Å². The molecule has 0 radical (unpaired) electrons. The molecule has 0 aromatic rings. The van der Waals surface area contributed by atoms with E-state index in [9.17, 15) is 4.57 Å². The zero-order chi connectivity index (χ0) is 8.91. The van der Waals surface area contributed by atoms with E-state index in [0.29, 0.717) is 0 Å². The summed E-state index contributed by atoms with van der Waals surface area (Å²) in [6.07, 6.45) is 0.710. The molecular formula is C6H13O4P. The van der Waals surface area contributed by atoms with Gasteiger partial charge in [-0.3, -0.25) is 4.57 Å². The van der Waals surface area contributed by atoms with E-state index in [1.54, 1.807) is 6.92 Å². The predicted octanol–water partition coefficient (Wildman–Crippen LogP) is 1.37. The van der Waals surface area contributed by atoms with E-state index in [0.717, 1.165) is 0 Å². The van der Waals surface area contributed by atoms with Crippen molar-refractivity contribution < 1.29 is 18.7 Å². The molecule has 0 amide bonds. The predicted molar refractivity (Wildman–Crippen MR) is 42.4 cm³/mol. The summed E-state index contributed by atoms with van der Waals surface area (Å²) >= 11 is 0. The average molecular weight is 180 g/mol. The van der Waals surface area contributed by atoms with Crippen molar-refractivity contribution in [3.63, 3.8) is 0 Å². The Balaban J connectivity index is 4.19. The summed E-state index contributed by atoms with van der Waals surface area (Å²) in [5.74, 6) is 1.23. The van der Waals surface area contributed by atoms with Crippen LogP contribution in [-0.2, 0) is 13.6 Å². The van der Waals surface area contributed by atoms with E-state index in [-0.39, 0.29) is 0 Å². The van der Waals surface area contributed by atoms with Gasteiger partial charge in [0.1, 0.15) is 0 Å². The molecule has 0 heterocycles. The van der Waals surface area contributed by atoms with Crippen LogP contribution in [0.1, 0.15) is 6.92 Å². The van der Waals surface area contributed by atoms with Crippen LogP contribution in [0.25, 0.3) is 0 Å². The number of hydrogen-bond donors (Lipinski definition) is 1. The molecule has 0 aliphatic heterocycles. The van der Waals surface area contributed by atoms with Gasteiger partial charge in [0.2, 0.25) is 0 Å². The Bertz CT molecular complexity index is 167. The van der Waals surface area contributed by atoms with Crippen LogP contribution in [0.4, 0.5) is 0 Å². The van der Waals surface area contributed by atoms with Crippen molar-refractivity contribution in [2.75, 3.05) is 14.2 Å². The Labute approximate surface area is 66.4 Å². The van der Waals surface area contributed by atoms with Gasteiger partial charge in [0.05, 0.1) is 6.10 Å². The van der Waals surface area contributed by atoms with Gasteiger partial charge in [-0.15, -0.1) is 0 Å². The lowest BCUT2D eigenvalue weighted by Gasteiger charge is -2.07. The molecule has 0 aliphatic carbocycles. The maximum atomic E-state index is 11.2. The average Bonchev–Trinajstić information content (AvgIpc) is 2.00. The smallest absolute Gasteiger partial charge is 0.353 e. The third-order valence-electron chi connectivity index (χ3n) is 1.06. The van der Waals surface area contributed by atoms with Gasteiger partial charge in [-0.25, -0.2) is 0 Å². The first kappa shape index (κ1) is 10.8. The Hall–Kier alpha value is -0.150. The fourth-order valence-electron chi connectivity index (χ4n) is 0.426. The van der Waals surface area contributed by atoms with Gasteiger partial charge in [0.25, 0.3) is 0 Å². The summed E-state index contributed by atoms with van der Waals surface area (Å²) in [7, 11) is -0.499. The van der Waals surface area contributed by atoms with Crippen LogP contribution in [0.3, 0.4) is 0 Å². The molecule has 0 spiro atoms. The van der Waals surface area contributed by atoms with Gasteiger partial charge in [-0.05, 0) is 13.0 Å². The second-order valence-electron chi connectivity index (χ2n) is 1.99. The monoisotopic (exact) mass is 180 g/mol. The van der Waals surface area contributed by atoms with Crippen molar-refractivity contribution in [2.24, 2.45) is 0 Å².